The van der Waals surface area contributed by atoms with Gasteiger partial charge in [0.25, 0.3) is 0 Å². The molecule has 1 aromatic rings. The van der Waals surface area contributed by atoms with Crippen molar-refractivity contribution >= 4 is 5.91 Å². The molecule has 1 saturated heterocycles. The minimum atomic E-state index is -0.619. The van der Waals surface area contributed by atoms with Crippen LogP contribution in [0.1, 0.15) is 25.5 Å². The highest BCUT2D eigenvalue weighted by atomic mass is 16.5. The first-order valence-electron chi connectivity index (χ1n) is 7.42. The molecule has 5 nitrogen and oxygen atoms in total. The Bertz CT molecular complexity index is 456. The van der Waals surface area contributed by atoms with Crippen molar-refractivity contribution < 1.29 is 9.53 Å². The maximum atomic E-state index is 12.2. The van der Waals surface area contributed by atoms with Gasteiger partial charge in [-0.15, -0.1) is 0 Å². The van der Waals surface area contributed by atoms with Crippen LogP contribution in [0.3, 0.4) is 0 Å². The minimum absolute atomic E-state index is 0.101. The van der Waals surface area contributed by atoms with Crippen LogP contribution >= 0.6 is 0 Å². The normalized spacial score (nSPS) is 18.2. The number of hydrogen-bond acceptors (Lipinski definition) is 4. The molecule has 5 heteroatoms. The summed E-state index contributed by atoms with van der Waals surface area (Å²) in [4.78, 5) is 14.5. The van der Waals surface area contributed by atoms with Crippen LogP contribution in [0.2, 0.25) is 0 Å². The van der Waals surface area contributed by atoms with E-state index in [1.54, 1.807) is 0 Å². The zero-order valence-electron chi connectivity index (χ0n) is 12.8. The molecule has 0 saturated carbocycles. The number of nitrogens with one attached hydrogen (secondary N) is 1. The van der Waals surface area contributed by atoms with Crippen LogP contribution in [0, 0.1) is 0 Å². The third-order valence-corrected chi connectivity index (χ3v) is 4.00. The summed E-state index contributed by atoms with van der Waals surface area (Å²) >= 11 is 0. The lowest BCUT2D eigenvalue weighted by Gasteiger charge is -2.41. The van der Waals surface area contributed by atoms with Gasteiger partial charge in [-0.1, -0.05) is 30.3 Å². The Morgan fingerprint density at radius 3 is 2.57 bits per heavy atom. The van der Waals surface area contributed by atoms with E-state index < -0.39 is 6.04 Å². The highest BCUT2D eigenvalue weighted by molar-refractivity contribution is 5.82. The lowest BCUT2D eigenvalue weighted by Crippen LogP contribution is -2.56. The molecule has 0 spiro atoms. The molecule has 3 N–H and O–H groups in total. The maximum absolute atomic E-state index is 12.2. The Morgan fingerprint density at radius 1 is 1.33 bits per heavy atom. The van der Waals surface area contributed by atoms with Crippen molar-refractivity contribution in [3.05, 3.63) is 35.9 Å². The Hall–Kier alpha value is -1.43. The van der Waals surface area contributed by atoms with Crippen molar-refractivity contribution in [2.24, 2.45) is 5.73 Å². The van der Waals surface area contributed by atoms with E-state index in [9.17, 15) is 4.79 Å². The molecule has 1 heterocycles. The Labute approximate surface area is 126 Å². The zero-order chi connectivity index (χ0) is 15.3. The van der Waals surface area contributed by atoms with Gasteiger partial charge in [0.2, 0.25) is 5.91 Å². The molecule has 0 radical (unpaired) electrons. The number of ether oxygens (including phenoxy) is 1. The van der Waals surface area contributed by atoms with Crippen LogP contribution in [0.15, 0.2) is 30.3 Å². The predicted molar refractivity (Wildman–Crippen MR) is 82.9 cm³/mol. The van der Waals surface area contributed by atoms with E-state index in [2.05, 4.69) is 24.1 Å². The number of carbonyl (C=O) groups excluding carboxylic acids is 1. The molecule has 2 rings (SSSR count). The first kappa shape index (κ1) is 15.9. The quantitative estimate of drug-likeness (QED) is 0.846. The second-order valence-electron chi connectivity index (χ2n) is 6.02. The van der Waals surface area contributed by atoms with E-state index in [1.807, 2.05) is 30.3 Å². The van der Waals surface area contributed by atoms with E-state index >= 15 is 0 Å². The SMILES string of the molecule is CC(C)(CNC(=O)[C@H](N)c1ccccc1)N1CCOCC1. The predicted octanol–water partition coefficient (Wildman–Crippen LogP) is 0.913. The molecule has 21 heavy (non-hydrogen) atoms. The molecule has 1 aliphatic rings. The number of carbonyl (C=O) groups is 1. The van der Waals surface area contributed by atoms with Crippen molar-refractivity contribution in [1.82, 2.24) is 10.2 Å². The summed E-state index contributed by atoms with van der Waals surface area (Å²) in [6, 6.07) is 8.82. The number of amides is 1. The topological polar surface area (TPSA) is 67.6 Å². The summed E-state index contributed by atoms with van der Waals surface area (Å²) in [5.41, 5.74) is 6.73. The Kier molecular flexibility index (Phi) is 5.33. The number of nitrogens with two attached hydrogens (primary N) is 1. The first-order valence-corrected chi connectivity index (χ1v) is 7.42. The lowest BCUT2D eigenvalue weighted by molar-refractivity contribution is -0.123. The van der Waals surface area contributed by atoms with Crippen molar-refractivity contribution in [2.45, 2.75) is 25.4 Å². The Balaban J connectivity index is 1.88. The van der Waals surface area contributed by atoms with Gasteiger partial charge in [-0.2, -0.15) is 0 Å². The highest BCUT2D eigenvalue weighted by Gasteiger charge is 2.29. The van der Waals surface area contributed by atoms with Gasteiger partial charge in [0.05, 0.1) is 13.2 Å². The van der Waals surface area contributed by atoms with Gasteiger partial charge in [-0.05, 0) is 19.4 Å². The van der Waals surface area contributed by atoms with E-state index in [4.69, 9.17) is 10.5 Å². The molecule has 1 fully saturated rings. The van der Waals surface area contributed by atoms with Crippen LogP contribution in [0.5, 0.6) is 0 Å². The van der Waals surface area contributed by atoms with E-state index in [0.29, 0.717) is 6.54 Å². The maximum Gasteiger partial charge on any atom is 0.241 e. The monoisotopic (exact) mass is 291 g/mol. The summed E-state index contributed by atoms with van der Waals surface area (Å²) in [7, 11) is 0. The average Bonchev–Trinajstić information content (AvgIpc) is 2.53. The van der Waals surface area contributed by atoms with E-state index in [1.165, 1.54) is 0 Å². The summed E-state index contributed by atoms with van der Waals surface area (Å²) < 4.78 is 5.37. The van der Waals surface area contributed by atoms with E-state index in [-0.39, 0.29) is 11.4 Å². The molecule has 0 unspecified atom stereocenters. The van der Waals surface area contributed by atoms with Gasteiger partial charge in [-0.3, -0.25) is 9.69 Å². The van der Waals surface area contributed by atoms with Crippen LogP contribution in [0.25, 0.3) is 0 Å². The van der Waals surface area contributed by atoms with E-state index in [0.717, 1.165) is 31.9 Å². The third kappa shape index (κ3) is 4.27. The fourth-order valence-corrected chi connectivity index (χ4v) is 2.51. The largest absolute Gasteiger partial charge is 0.379 e. The van der Waals surface area contributed by atoms with Gasteiger partial charge in [0.15, 0.2) is 0 Å². The van der Waals surface area contributed by atoms with Gasteiger partial charge < -0.3 is 15.8 Å². The van der Waals surface area contributed by atoms with Crippen molar-refractivity contribution in [3.8, 4) is 0 Å². The van der Waals surface area contributed by atoms with Crippen LogP contribution in [0.4, 0.5) is 0 Å². The summed E-state index contributed by atoms with van der Waals surface area (Å²) in [6.45, 7) is 8.13. The van der Waals surface area contributed by atoms with Crippen LogP contribution in [-0.2, 0) is 9.53 Å². The molecule has 1 atom stereocenters. The number of hydrogen-bond donors (Lipinski definition) is 2. The molecule has 1 aliphatic heterocycles. The van der Waals surface area contributed by atoms with Crippen LogP contribution < -0.4 is 11.1 Å². The smallest absolute Gasteiger partial charge is 0.241 e. The first-order chi connectivity index (χ1) is 10.0. The minimum Gasteiger partial charge on any atom is -0.379 e. The number of morpholine rings is 1. The summed E-state index contributed by atoms with van der Waals surface area (Å²) in [6.07, 6.45) is 0. The van der Waals surface area contributed by atoms with Crippen molar-refractivity contribution in [3.63, 3.8) is 0 Å². The fourth-order valence-electron chi connectivity index (χ4n) is 2.51. The second kappa shape index (κ2) is 7.02. The highest BCUT2D eigenvalue weighted by Crippen LogP contribution is 2.16. The van der Waals surface area contributed by atoms with Crippen molar-refractivity contribution in [2.75, 3.05) is 32.8 Å². The van der Waals surface area contributed by atoms with Crippen molar-refractivity contribution in [1.29, 1.82) is 0 Å². The van der Waals surface area contributed by atoms with Crippen LogP contribution in [-0.4, -0.2) is 49.2 Å². The molecular formula is C16H25N3O2. The number of benzene rings is 1. The average molecular weight is 291 g/mol. The molecule has 0 aliphatic carbocycles. The molecule has 116 valence electrons. The molecule has 1 aromatic carbocycles. The lowest BCUT2D eigenvalue weighted by atomic mass is 10.0. The number of rotatable bonds is 5. The summed E-state index contributed by atoms with van der Waals surface area (Å²) in [5.74, 6) is -0.137. The summed E-state index contributed by atoms with van der Waals surface area (Å²) in [5, 5.41) is 2.97. The fraction of sp³-hybridized carbons (Fsp3) is 0.562. The zero-order valence-corrected chi connectivity index (χ0v) is 12.8. The van der Waals surface area contributed by atoms with Gasteiger partial charge in [-0.25, -0.2) is 0 Å². The molecule has 0 bridgehead atoms. The molecule has 1 amide bonds. The second-order valence-corrected chi connectivity index (χ2v) is 6.02. The number of nitrogens with zero attached hydrogens (tertiary/aromatic N) is 1. The van der Waals surface area contributed by atoms with Gasteiger partial charge >= 0.3 is 0 Å². The third-order valence-electron chi connectivity index (χ3n) is 4.00. The van der Waals surface area contributed by atoms with Gasteiger partial charge in [0, 0.05) is 25.2 Å². The molecular weight excluding hydrogens is 266 g/mol. The Morgan fingerprint density at radius 2 is 1.95 bits per heavy atom. The standard InChI is InChI=1S/C16H25N3O2/c1-16(2,19-8-10-21-11-9-19)12-18-15(20)14(17)13-6-4-3-5-7-13/h3-7,14H,8-12,17H2,1-2H3,(H,18,20)/t14-/m1/s1. The van der Waals surface area contributed by atoms with Gasteiger partial charge in [0.1, 0.15) is 6.04 Å². The molecule has 0 aromatic heterocycles.